The van der Waals surface area contributed by atoms with Gasteiger partial charge in [0, 0.05) is 0 Å². The van der Waals surface area contributed by atoms with Gasteiger partial charge in [0.05, 0.1) is 23.3 Å². The van der Waals surface area contributed by atoms with E-state index in [9.17, 15) is 14.4 Å². The molecule has 4 rings (SSSR count). The van der Waals surface area contributed by atoms with Crippen molar-refractivity contribution in [1.29, 1.82) is 0 Å². The number of aromatic carboxylic acids is 1. The number of hydrogen-bond acceptors (Lipinski definition) is 6. The van der Waals surface area contributed by atoms with Gasteiger partial charge >= 0.3 is 5.97 Å². The molecule has 166 valence electrons. The first-order chi connectivity index (χ1) is 16.0. The number of carboxylic acids is 1. The molecule has 0 aromatic heterocycles. The number of para-hydroxylation sites is 1. The van der Waals surface area contributed by atoms with Crippen LogP contribution in [0.4, 0.5) is 10.5 Å². The number of amides is 2. The average Bonchev–Trinajstić information content (AvgIpc) is 3.11. The minimum absolute atomic E-state index is 0.160. The summed E-state index contributed by atoms with van der Waals surface area (Å²) in [7, 11) is 1.50. The van der Waals surface area contributed by atoms with Gasteiger partial charge in [0.1, 0.15) is 6.61 Å². The smallest absolute Gasteiger partial charge is 0.335 e. The lowest BCUT2D eigenvalue weighted by Crippen LogP contribution is -2.27. The predicted molar refractivity (Wildman–Crippen MR) is 126 cm³/mol. The second kappa shape index (κ2) is 9.62. The normalized spacial score (nSPS) is 14.6. The molecule has 3 aromatic rings. The number of anilines is 1. The third kappa shape index (κ3) is 4.91. The summed E-state index contributed by atoms with van der Waals surface area (Å²) in [6.07, 6.45) is 1.64. The lowest BCUT2D eigenvalue weighted by atomic mass is 10.1. The molecule has 1 N–H and O–H groups in total. The predicted octanol–water partition coefficient (Wildman–Crippen LogP) is 5.21. The number of benzene rings is 3. The molecule has 3 aromatic carbocycles. The second-order valence-electron chi connectivity index (χ2n) is 7.06. The SMILES string of the molecule is COc1cc(/C=C2/SC(=O)N(c3ccccc3)C2=O)ccc1OCc1cccc(C(=O)O)c1. The van der Waals surface area contributed by atoms with Crippen LogP contribution in [0.25, 0.3) is 6.08 Å². The third-order valence-corrected chi connectivity index (χ3v) is 5.73. The van der Waals surface area contributed by atoms with Crippen molar-refractivity contribution in [3.05, 3.63) is 94.4 Å². The number of carbonyl (C=O) groups is 3. The maximum absolute atomic E-state index is 12.8. The number of carbonyl (C=O) groups excluding carboxylic acids is 2. The molecule has 1 aliphatic heterocycles. The summed E-state index contributed by atoms with van der Waals surface area (Å²) >= 11 is 0.879. The summed E-state index contributed by atoms with van der Waals surface area (Å²) in [6.45, 7) is 0.160. The molecule has 0 aliphatic carbocycles. The van der Waals surface area contributed by atoms with Gasteiger partial charge in [0.2, 0.25) is 0 Å². The number of thioether (sulfide) groups is 1. The Labute approximate surface area is 194 Å². The van der Waals surface area contributed by atoms with Crippen LogP contribution >= 0.6 is 11.8 Å². The van der Waals surface area contributed by atoms with Crippen LogP contribution in [0.1, 0.15) is 21.5 Å². The summed E-state index contributed by atoms with van der Waals surface area (Å²) in [5.74, 6) is -0.475. The van der Waals surface area contributed by atoms with Crippen LogP contribution in [0.5, 0.6) is 11.5 Å². The number of imide groups is 1. The zero-order valence-corrected chi connectivity index (χ0v) is 18.4. The number of methoxy groups -OCH3 is 1. The van der Waals surface area contributed by atoms with Gasteiger partial charge in [-0.3, -0.25) is 9.59 Å². The highest BCUT2D eigenvalue weighted by atomic mass is 32.2. The van der Waals surface area contributed by atoms with Crippen molar-refractivity contribution in [2.75, 3.05) is 12.0 Å². The Hall–Kier alpha value is -4.04. The van der Waals surface area contributed by atoms with E-state index in [4.69, 9.17) is 14.6 Å². The van der Waals surface area contributed by atoms with Crippen LogP contribution in [0.15, 0.2) is 77.7 Å². The van der Waals surface area contributed by atoms with E-state index in [1.807, 2.05) is 6.07 Å². The number of carboxylic acid groups (broad SMARTS) is 1. The van der Waals surface area contributed by atoms with Gasteiger partial charge in [0.25, 0.3) is 11.1 Å². The van der Waals surface area contributed by atoms with Crippen LogP contribution in [0, 0.1) is 0 Å². The molecule has 0 bridgehead atoms. The van der Waals surface area contributed by atoms with Crippen LogP contribution in [-0.4, -0.2) is 29.3 Å². The standard InChI is InChI=1S/C25H19NO6S/c1-31-21-13-16(10-11-20(21)32-15-17-6-5-7-18(12-17)24(28)29)14-22-23(27)26(25(30)33-22)19-8-3-2-4-9-19/h2-14H,15H2,1H3,(H,28,29)/b22-14+. The van der Waals surface area contributed by atoms with Crippen molar-refractivity contribution in [2.24, 2.45) is 0 Å². The van der Waals surface area contributed by atoms with E-state index in [0.29, 0.717) is 33.2 Å². The zero-order chi connectivity index (χ0) is 23.4. The van der Waals surface area contributed by atoms with Gasteiger partial charge in [-0.05, 0) is 65.4 Å². The van der Waals surface area contributed by atoms with Crippen molar-refractivity contribution < 1.29 is 29.0 Å². The lowest BCUT2D eigenvalue weighted by molar-refractivity contribution is -0.113. The number of ether oxygens (including phenoxy) is 2. The van der Waals surface area contributed by atoms with Gasteiger partial charge in [-0.25, -0.2) is 9.69 Å². The maximum atomic E-state index is 12.8. The van der Waals surface area contributed by atoms with Crippen molar-refractivity contribution in [3.8, 4) is 11.5 Å². The fourth-order valence-corrected chi connectivity index (χ4v) is 4.11. The zero-order valence-electron chi connectivity index (χ0n) is 17.6. The highest BCUT2D eigenvalue weighted by molar-refractivity contribution is 8.19. The summed E-state index contributed by atoms with van der Waals surface area (Å²) in [4.78, 5) is 37.8. The highest BCUT2D eigenvalue weighted by Crippen LogP contribution is 2.37. The fraction of sp³-hybridized carbons (Fsp3) is 0.0800. The minimum Gasteiger partial charge on any atom is -0.493 e. The van der Waals surface area contributed by atoms with Gasteiger partial charge in [-0.2, -0.15) is 0 Å². The largest absolute Gasteiger partial charge is 0.493 e. The molecule has 2 amide bonds. The van der Waals surface area contributed by atoms with Gasteiger partial charge in [-0.15, -0.1) is 0 Å². The van der Waals surface area contributed by atoms with E-state index in [0.717, 1.165) is 16.7 Å². The fourth-order valence-electron chi connectivity index (χ4n) is 3.27. The quantitative estimate of drug-likeness (QED) is 0.483. The molecule has 1 fully saturated rings. The van der Waals surface area contributed by atoms with Gasteiger partial charge < -0.3 is 14.6 Å². The minimum atomic E-state index is -1.00. The molecule has 0 radical (unpaired) electrons. The topological polar surface area (TPSA) is 93.1 Å². The van der Waals surface area contributed by atoms with E-state index in [-0.39, 0.29) is 23.3 Å². The van der Waals surface area contributed by atoms with Crippen LogP contribution in [0.3, 0.4) is 0 Å². The summed E-state index contributed by atoms with van der Waals surface area (Å²) in [5, 5.41) is 8.77. The molecule has 1 aliphatic rings. The molecular weight excluding hydrogens is 442 g/mol. The van der Waals surface area contributed by atoms with E-state index in [1.54, 1.807) is 66.7 Å². The van der Waals surface area contributed by atoms with Crippen molar-refractivity contribution in [1.82, 2.24) is 0 Å². The summed E-state index contributed by atoms with van der Waals surface area (Å²) in [6, 6.07) is 20.4. The monoisotopic (exact) mass is 461 g/mol. The Balaban J connectivity index is 1.52. The molecule has 1 heterocycles. The molecule has 7 nitrogen and oxygen atoms in total. The Kier molecular flexibility index (Phi) is 6.46. The Morgan fingerprint density at radius 2 is 1.79 bits per heavy atom. The van der Waals surface area contributed by atoms with Gasteiger partial charge in [0.15, 0.2) is 11.5 Å². The first kappa shape index (κ1) is 22.2. The number of hydrogen-bond donors (Lipinski definition) is 1. The molecule has 33 heavy (non-hydrogen) atoms. The Morgan fingerprint density at radius 1 is 1.00 bits per heavy atom. The van der Waals surface area contributed by atoms with Crippen molar-refractivity contribution in [3.63, 3.8) is 0 Å². The molecular formula is C25H19NO6S. The summed E-state index contributed by atoms with van der Waals surface area (Å²) < 4.78 is 11.2. The maximum Gasteiger partial charge on any atom is 0.335 e. The average molecular weight is 461 g/mol. The molecule has 1 saturated heterocycles. The first-order valence-electron chi connectivity index (χ1n) is 9.92. The lowest BCUT2D eigenvalue weighted by Gasteiger charge is -2.12. The van der Waals surface area contributed by atoms with E-state index in [2.05, 4.69) is 0 Å². The number of rotatable bonds is 7. The Bertz CT molecular complexity index is 1250. The van der Waals surface area contributed by atoms with Crippen molar-refractivity contribution >= 4 is 40.6 Å². The van der Waals surface area contributed by atoms with Crippen LogP contribution < -0.4 is 14.4 Å². The molecule has 0 atom stereocenters. The van der Waals surface area contributed by atoms with Crippen LogP contribution in [0.2, 0.25) is 0 Å². The summed E-state index contributed by atoms with van der Waals surface area (Å²) in [5.41, 5.74) is 2.08. The number of nitrogens with zero attached hydrogens (tertiary/aromatic N) is 1. The molecule has 0 saturated carbocycles. The van der Waals surface area contributed by atoms with E-state index >= 15 is 0 Å². The molecule has 8 heteroatoms. The Morgan fingerprint density at radius 3 is 2.52 bits per heavy atom. The molecule has 0 unspecified atom stereocenters. The van der Waals surface area contributed by atoms with E-state index < -0.39 is 5.97 Å². The van der Waals surface area contributed by atoms with Crippen LogP contribution in [-0.2, 0) is 11.4 Å². The third-order valence-electron chi connectivity index (χ3n) is 4.86. The van der Waals surface area contributed by atoms with E-state index in [1.165, 1.54) is 13.2 Å². The van der Waals surface area contributed by atoms with Gasteiger partial charge in [-0.1, -0.05) is 36.4 Å². The molecule has 0 spiro atoms. The highest BCUT2D eigenvalue weighted by Gasteiger charge is 2.36. The van der Waals surface area contributed by atoms with Crippen molar-refractivity contribution in [2.45, 2.75) is 6.61 Å². The second-order valence-corrected chi connectivity index (χ2v) is 8.05. The first-order valence-corrected chi connectivity index (χ1v) is 10.7.